The lowest BCUT2D eigenvalue weighted by Crippen LogP contribution is -2.26. The third kappa shape index (κ3) is 10.5. The Kier molecular flexibility index (Phi) is 8.36. The summed E-state index contributed by atoms with van der Waals surface area (Å²) in [5.74, 6) is -0.223. The fraction of sp³-hybridized carbons (Fsp3) is 0.421. The molecule has 0 unspecified atom stereocenters. The highest BCUT2D eigenvalue weighted by atomic mass is 19.4. The summed E-state index contributed by atoms with van der Waals surface area (Å²) in [5, 5.41) is 2.66. The van der Waals surface area contributed by atoms with Gasteiger partial charge >= 0.3 is 6.18 Å². The number of hydrogen-bond acceptors (Lipinski definition) is 5. The van der Waals surface area contributed by atoms with Crippen molar-refractivity contribution in [2.24, 2.45) is 5.73 Å². The summed E-state index contributed by atoms with van der Waals surface area (Å²) in [6.45, 7) is 6.42. The molecule has 1 heterocycles. The predicted octanol–water partition coefficient (Wildman–Crippen LogP) is 3.40. The van der Waals surface area contributed by atoms with E-state index in [1.807, 2.05) is 20.8 Å². The van der Waals surface area contributed by atoms with Crippen LogP contribution in [0.25, 0.3) is 0 Å². The SMILES string of the molecule is CC(C)(C)N.Cc1cc(CNC(=O)c2cnccn2)ccc1OCC(F)(F)F. The van der Waals surface area contributed by atoms with Crippen LogP contribution in [0.3, 0.4) is 0 Å². The number of halogens is 3. The third-order valence-electron chi connectivity index (χ3n) is 2.88. The van der Waals surface area contributed by atoms with Gasteiger partial charge in [-0.15, -0.1) is 0 Å². The molecule has 0 radical (unpaired) electrons. The molecular weight excluding hydrogens is 373 g/mol. The molecule has 0 bridgehead atoms. The lowest BCUT2D eigenvalue weighted by Gasteiger charge is -2.12. The molecule has 2 aromatic rings. The van der Waals surface area contributed by atoms with Crippen LogP contribution >= 0.6 is 0 Å². The van der Waals surface area contributed by atoms with Gasteiger partial charge in [-0.25, -0.2) is 4.98 Å². The first-order valence-electron chi connectivity index (χ1n) is 8.47. The second-order valence-corrected chi connectivity index (χ2v) is 7.14. The molecule has 28 heavy (non-hydrogen) atoms. The Balaban J connectivity index is 0.000000696. The van der Waals surface area contributed by atoms with Crippen molar-refractivity contribution < 1.29 is 22.7 Å². The smallest absolute Gasteiger partial charge is 0.422 e. The number of amides is 1. The van der Waals surface area contributed by atoms with Gasteiger partial charge in [0, 0.05) is 24.5 Å². The van der Waals surface area contributed by atoms with E-state index < -0.39 is 12.8 Å². The van der Waals surface area contributed by atoms with Gasteiger partial charge in [0.05, 0.1) is 6.20 Å². The monoisotopic (exact) mass is 398 g/mol. The van der Waals surface area contributed by atoms with E-state index in [0.29, 0.717) is 5.56 Å². The highest BCUT2D eigenvalue weighted by Gasteiger charge is 2.28. The zero-order chi connectivity index (χ0) is 21.4. The molecule has 0 fully saturated rings. The van der Waals surface area contributed by atoms with Gasteiger partial charge in [-0.2, -0.15) is 13.2 Å². The Morgan fingerprint density at radius 1 is 1.21 bits per heavy atom. The highest BCUT2D eigenvalue weighted by Crippen LogP contribution is 2.22. The molecule has 2 rings (SSSR count). The van der Waals surface area contributed by atoms with E-state index in [2.05, 4.69) is 15.3 Å². The average Bonchev–Trinajstić information content (AvgIpc) is 2.57. The Labute approximate surface area is 162 Å². The van der Waals surface area contributed by atoms with Crippen molar-refractivity contribution in [1.29, 1.82) is 0 Å². The molecule has 1 aromatic carbocycles. The minimum Gasteiger partial charge on any atom is -0.484 e. The number of rotatable bonds is 5. The number of carbonyl (C=O) groups is 1. The standard InChI is InChI=1S/C15H14F3N3O2.C4H11N/c1-10-6-11(2-3-13(10)23-9-15(16,17)18)7-21-14(22)12-8-19-4-5-20-12;1-4(2,3)5/h2-6,8H,7,9H2,1H3,(H,21,22);5H2,1-3H3. The molecule has 0 aliphatic rings. The average molecular weight is 398 g/mol. The maximum absolute atomic E-state index is 12.1. The molecule has 0 saturated carbocycles. The Hall–Kier alpha value is -2.68. The van der Waals surface area contributed by atoms with Crippen molar-refractivity contribution in [2.75, 3.05) is 6.61 Å². The number of hydrogen-bond donors (Lipinski definition) is 2. The number of nitrogens with one attached hydrogen (secondary N) is 1. The molecule has 1 aromatic heterocycles. The quantitative estimate of drug-likeness (QED) is 0.806. The molecule has 1 amide bonds. The minimum atomic E-state index is -4.38. The number of aromatic nitrogens is 2. The lowest BCUT2D eigenvalue weighted by molar-refractivity contribution is -0.153. The molecule has 6 nitrogen and oxygen atoms in total. The summed E-state index contributed by atoms with van der Waals surface area (Å²) >= 11 is 0. The van der Waals surface area contributed by atoms with E-state index in [1.165, 1.54) is 24.7 Å². The zero-order valence-corrected chi connectivity index (χ0v) is 16.3. The Bertz CT molecular complexity index is 754. The summed E-state index contributed by atoms with van der Waals surface area (Å²) in [7, 11) is 0. The lowest BCUT2D eigenvalue weighted by atomic mass is 10.1. The second kappa shape index (κ2) is 10.0. The number of alkyl halides is 3. The van der Waals surface area contributed by atoms with E-state index in [-0.39, 0.29) is 29.4 Å². The largest absolute Gasteiger partial charge is 0.484 e. The molecule has 0 aliphatic carbocycles. The number of nitrogens with zero attached hydrogens (tertiary/aromatic N) is 2. The molecule has 0 aliphatic heterocycles. The van der Waals surface area contributed by atoms with Crippen molar-refractivity contribution >= 4 is 5.91 Å². The van der Waals surface area contributed by atoms with Gasteiger partial charge in [0.25, 0.3) is 5.91 Å². The fourth-order valence-electron chi connectivity index (χ4n) is 1.83. The molecule has 154 valence electrons. The molecule has 0 saturated heterocycles. The summed E-state index contributed by atoms with van der Waals surface area (Å²) in [6.07, 6.45) is -0.171. The number of aryl methyl sites for hydroxylation is 1. The van der Waals surface area contributed by atoms with Gasteiger partial charge < -0.3 is 15.8 Å². The van der Waals surface area contributed by atoms with Crippen LogP contribution in [0, 0.1) is 6.92 Å². The number of benzene rings is 1. The van der Waals surface area contributed by atoms with Gasteiger partial charge in [0.1, 0.15) is 11.4 Å². The van der Waals surface area contributed by atoms with Crippen LogP contribution in [0.1, 0.15) is 42.4 Å². The number of carbonyl (C=O) groups excluding carboxylic acids is 1. The number of nitrogens with two attached hydrogens (primary N) is 1. The summed E-state index contributed by atoms with van der Waals surface area (Å²) in [4.78, 5) is 19.5. The molecular formula is C19H25F3N4O2. The van der Waals surface area contributed by atoms with Gasteiger partial charge in [0.2, 0.25) is 0 Å². The second-order valence-electron chi connectivity index (χ2n) is 7.14. The van der Waals surface area contributed by atoms with Crippen LogP contribution in [-0.4, -0.2) is 34.2 Å². The van der Waals surface area contributed by atoms with E-state index in [4.69, 9.17) is 10.5 Å². The summed E-state index contributed by atoms with van der Waals surface area (Å²) in [6, 6.07) is 4.70. The van der Waals surface area contributed by atoms with E-state index in [1.54, 1.807) is 19.1 Å². The van der Waals surface area contributed by atoms with Crippen LogP contribution in [0.4, 0.5) is 13.2 Å². The van der Waals surface area contributed by atoms with Gasteiger partial charge in [-0.3, -0.25) is 9.78 Å². The van der Waals surface area contributed by atoms with Crippen molar-refractivity contribution in [3.8, 4) is 5.75 Å². The Morgan fingerprint density at radius 3 is 2.36 bits per heavy atom. The normalized spacial score (nSPS) is 11.3. The van der Waals surface area contributed by atoms with Gasteiger partial charge in [-0.1, -0.05) is 12.1 Å². The van der Waals surface area contributed by atoms with E-state index in [9.17, 15) is 18.0 Å². The first kappa shape index (κ1) is 23.4. The van der Waals surface area contributed by atoms with Crippen molar-refractivity contribution in [3.63, 3.8) is 0 Å². The van der Waals surface area contributed by atoms with Crippen LogP contribution in [-0.2, 0) is 6.54 Å². The first-order valence-corrected chi connectivity index (χ1v) is 8.47. The number of ether oxygens (including phenoxy) is 1. The fourth-order valence-corrected chi connectivity index (χ4v) is 1.83. The first-order chi connectivity index (χ1) is 12.8. The van der Waals surface area contributed by atoms with Crippen LogP contribution < -0.4 is 15.8 Å². The van der Waals surface area contributed by atoms with Crippen molar-refractivity contribution in [1.82, 2.24) is 15.3 Å². The van der Waals surface area contributed by atoms with Gasteiger partial charge in [-0.05, 0) is 44.9 Å². The van der Waals surface area contributed by atoms with E-state index >= 15 is 0 Å². The Morgan fingerprint density at radius 2 is 1.86 bits per heavy atom. The molecule has 0 spiro atoms. The van der Waals surface area contributed by atoms with Gasteiger partial charge in [0.15, 0.2) is 6.61 Å². The molecule has 3 N–H and O–H groups in total. The maximum Gasteiger partial charge on any atom is 0.422 e. The predicted molar refractivity (Wildman–Crippen MR) is 99.9 cm³/mol. The highest BCUT2D eigenvalue weighted by molar-refractivity contribution is 5.91. The minimum absolute atomic E-state index is 0. The van der Waals surface area contributed by atoms with Crippen LogP contribution in [0.5, 0.6) is 5.75 Å². The van der Waals surface area contributed by atoms with Crippen LogP contribution in [0.2, 0.25) is 0 Å². The van der Waals surface area contributed by atoms with Crippen molar-refractivity contribution in [3.05, 3.63) is 53.6 Å². The summed E-state index contributed by atoms with van der Waals surface area (Å²) in [5.41, 5.74) is 6.83. The summed E-state index contributed by atoms with van der Waals surface area (Å²) < 4.78 is 41.1. The molecule has 9 heteroatoms. The van der Waals surface area contributed by atoms with Crippen molar-refractivity contribution in [2.45, 2.75) is 46.0 Å². The molecule has 0 atom stereocenters. The topological polar surface area (TPSA) is 90.1 Å². The van der Waals surface area contributed by atoms with E-state index in [0.717, 1.165) is 5.56 Å². The van der Waals surface area contributed by atoms with Crippen LogP contribution in [0.15, 0.2) is 36.8 Å². The zero-order valence-electron chi connectivity index (χ0n) is 16.3. The maximum atomic E-state index is 12.1. The third-order valence-corrected chi connectivity index (χ3v) is 2.88.